The molecule has 0 saturated heterocycles. The molecule has 0 aliphatic rings. The number of nitrogens with zero attached hydrogens (tertiary/aromatic N) is 1. The van der Waals surface area contributed by atoms with Crippen molar-refractivity contribution < 1.29 is 14.7 Å². The molecule has 0 radical (unpaired) electrons. The molecule has 2 N–H and O–H groups in total. The summed E-state index contributed by atoms with van der Waals surface area (Å²) in [5.41, 5.74) is 0. The van der Waals surface area contributed by atoms with Gasteiger partial charge in [0.15, 0.2) is 0 Å². The van der Waals surface area contributed by atoms with Gasteiger partial charge in [0.2, 0.25) is 5.91 Å². The lowest BCUT2D eigenvalue weighted by Crippen LogP contribution is -2.40. The Bertz CT molecular complexity index is 312. The van der Waals surface area contributed by atoms with Crippen molar-refractivity contribution in [3.63, 3.8) is 0 Å². The number of hydrogen-bond donors (Lipinski definition) is 2. The number of carbonyl (C=O) groups is 2. The Morgan fingerprint density at radius 2 is 1.93 bits per heavy atom. The second-order valence-electron chi connectivity index (χ2n) is 2.72. The van der Waals surface area contributed by atoms with Crippen molar-refractivity contribution in [1.29, 1.82) is 0 Å². The summed E-state index contributed by atoms with van der Waals surface area (Å²) in [5, 5.41) is 10.9. The molecule has 0 unspecified atom stereocenters. The first kappa shape index (κ1) is 13.0. The van der Waals surface area contributed by atoms with Crippen LogP contribution in [0.1, 0.15) is 0 Å². The SMILES string of the molecule is C#CCNC(=O)CN(CC#C)CC(=O)O. The van der Waals surface area contributed by atoms with Crippen LogP contribution < -0.4 is 5.32 Å². The van der Waals surface area contributed by atoms with Gasteiger partial charge in [-0.15, -0.1) is 12.8 Å². The molecule has 0 rings (SSSR count). The molecule has 0 heterocycles. The van der Waals surface area contributed by atoms with E-state index in [1.807, 2.05) is 0 Å². The number of aliphatic carboxylic acids is 1. The van der Waals surface area contributed by atoms with Gasteiger partial charge in [0.1, 0.15) is 0 Å². The van der Waals surface area contributed by atoms with Crippen molar-refractivity contribution in [2.45, 2.75) is 0 Å². The average molecular weight is 208 g/mol. The maximum Gasteiger partial charge on any atom is 0.317 e. The van der Waals surface area contributed by atoms with E-state index in [0.29, 0.717) is 0 Å². The summed E-state index contributed by atoms with van der Waals surface area (Å²) in [5.74, 6) is 3.14. The summed E-state index contributed by atoms with van der Waals surface area (Å²) in [6.07, 6.45) is 9.97. The quantitative estimate of drug-likeness (QED) is 0.535. The lowest BCUT2D eigenvalue weighted by molar-refractivity contribution is -0.138. The van der Waals surface area contributed by atoms with Crippen LogP contribution in [0, 0.1) is 24.7 Å². The van der Waals surface area contributed by atoms with E-state index in [0.717, 1.165) is 0 Å². The van der Waals surface area contributed by atoms with Crippen LogP contribution in [0.2, 0.25) is 0 Å². The first-order valence-corrected chi connectivity index (χ1v) is 4.18. The van der Waals surface area contributed by atoms with Crippen LogP contribution in [0.25, 0.3) is 0 Å². The van der Waals surface area contributed by atoms with Gasteiger partial charge < -0.3 is 10.4 Å². The minimum Gasteiger partial charge on any atom is -0.480 e. The van der Waals surface area contributed by atoms with Crippen molar-refractivity contribution in [2.75, 3.05) is 26.2 Å². The summed E-state index contributed by atoms with van der Waals surface area (Å²) in [6, 6.07) is 0. The van der Waals surface area contributed by atoms with Crippen LogP contribution in [0.5, 0.6) is 0 Å². The fraction of sp³-hybridized carbons (Fsp3) is 0.400. The zero-order valence-electron chi connectivity index (χ0n) is 8.19. The fourth-order valence-electron chi connectivity index (χ4n) is 0.897. The summed E-state index contributed by atoms with van der Waals surface area (Å²) < 4.78 is 0. The van der Waals surface area contributed by atoms with Gasteiger partial charge in [0.05, 0.1) is 26.2 Å². The highest BCUT2D eigenvalue weighted by molar-refractivity contribution is 5.79. The molecule has 0 atom stereocenters. The molecule has 0 aromatic rings. The van der Waals surface area contributed by atoms with E-state index in [1.165, 1.54) is 4.90 Å². The van der Waals surface area contributed by atoms with E-state index < -0.39 is 5.97 Å². The van der Waals surface area contributed by atoms with E-state index in [2.05, 4.69) is 17.2 Å². The zero-order valence-corrected chi connectivity index (χ0v) is 8.19. The largest absolute Gasteiger partial charge is 0.480 e. The van der Waals surface area contributed by atoms with Gasteiger partial charge in [-0.05, 0) is 0 Å². The Balaban J connectivity index is 4.05. The van der Waals surface area contributed by atoms with Gasteiger partial charge in [-0.25, -0.2) is 0 Å². The van der Waals surface area contributed by atoms with Gasteiger partial charge >= 0.3 is 5.97 Å². The summed E-state index contributed by atoms with van der Waals surface area (Å²) in [6.45, 7) is -0.114. The Labute approximate surface area is 88.4 Å². The molecule has 0 aliphatic carbocycles. The zero-order chi connectivity index (χ0) is 11.7. The predicted octanol–water partition coefficient (Wildman–Crippen LogP) is -1.24. The predicted molar refractivity (Wildman–Crippen MR) is 54.8 cm³/mol. The standard InChI is InChI=1S/C10H12N2O3/c1-3-5-11-9(13)7-12(6-4-2)8-10(14)15/h1-2H,5-8H2,(H,11,13)(H,14,15). The second kappa shape index (κ2) is 7.43. The maximum atomic E-state index is 11.2. The van der Waals surface area contributed by atoms with Crippen molar-refractivity contribution in [3.8, 4) is 24.7 Å². The number of rotatable bonds is 6. The minimum absolute atomic E-state index is 0.0713. The highest BCUT2D eigenvalue weighted by atomic mass is 16.4. The van der Waals surface area contributed by atoms with E-state index in [9.17, 15) is 9.59 Å². The number of nitrogens with one attached hydrogen (secondary N) is 1. The normalized spacial score (nSPS) is 9.00. The first-order valence-electron chi connectivity index (χ1n) is 4.18. The van der Waals surface area contributed by atoms with Crippen LogP contribution in [0.15, 0.2) is 0 Å². The van der Waals surface area contributed by atoms with Crippen LogP contribution in [0.3, 0.4) is 0 Å². The fourth-order valence-corrected chi connectivity index (χ4v) is 0.897. The van der Waals surface area contributed by atoms with Gasteiger partial charge in [0, 0.05) is 0 Å². The molecule has 80 valence electrons. The van der Waals surface area contributed by atoms with Crippen molar-refractivity contribution in [2.24, 2.45) is 0 Å². The minimum atomic E-state index is -1.03. The topological polar surface area (TPSA) is 69.6 Å². The molecule has 0 saturated carbocycles. The number of carboxylic acid groups (broad SMARTS) is 1. The number of carbonyl (C=O) groups excluding carboxylic acids is 1. The van der Waals surface area contributed by atoms with Gasteiger partial charge in [-0.3, -0.25) is 14.5 Å². The molecular formula is C10H12N2O3. The molecule has 0 bridgehead atoms. The van der Waals surface area contributed by atoms with Gasteiger partial charge in [-0.2, -0.15) is 0 Å². The lowest BCUT2D eigenvalue weighted by atomic mass is 10.4. The molecule has 0 aromatic carbocycles. The molecule has 0 fully saturated rings. The highest BCUT2D eigenvalue weighted by Gasteiger charge is 2.12. The van der Waals surface area contributed by atoms with Gasteiger partial charge in [-0.1, -0.05) is 11.8 Å². The average Bonchev–Trinajstić information content (AvgIpc) is 2.14. The van der Waals surface area contributed by atoms with Gasteiger partial charge in [0.25, 0.3) is 0 Å². The summed E-state index contributed by atoms with van der Waals surface area (Å²) in [4.78, 5) is 22.9. The molecule has 1 amide bonds. The van der Waals surface area contributed by atoms with Crippen LogP contribution >= 0.6 is 0 Å². The smallest absolute Gasteiger partial charge is 0.317 e. The molecular weight excluding hydrogens is 196 g/mol. The second-order valence-corrected chi connectivity index (χ2v) is 2.72. The maximum absolute atomic E-state index is 11.2. The number of amides is 1. The Morgan fingerprint density at radius 1 is 1.27 bits per heavy atom. The van der Waals surface area contributed by atoms with E-state index >= 15 is 0 Å². The Hall–Kier alpha value is -1.98. The summed E-state index contributed by atoms with van der Waals surface area (Å²) >= 11 is 0. The van der Waals surface area contributed by atoms with Crippen LogP contribution in [0.4, 0.5) is 0 Å². The Morgan fingerprint density at radius 3 is 2.40 bits per heavy atom. The van der Waals surface area contributed by atoms with Crippen molar-refractivity contribution >= 4 is 11.9 Å². The lowest BCUT2D eigenvalue weighted by Gasteiger charge is -2.15. The van der Waals surface area contributed by atoms with Crippen molar-refractivity contribution in [1.82, 2.24) is 10.2 Å². The Kier molecular flexibility index (Phi) is 6.45. The van der Waals surface area contributed by atoms with E-state index in [-0.39, 0.29) is 32.1 Å². The molecule has 0 aromatic heterocycles. The highest BCUT2D eigenvalue weighted by Crippen LogP contribution is 1.86. The van der Waals surface area contributed by atoms with E-state index in [4.69, 9.17) is 18.0 Å². The molecule has 15 heavy (non-hydrogen) atoms. The molecule has 0 aliphatic heterocycles. The third-order valence-corrected chi connectivity index (χ3v) is 1.43. The number of hydrogen-bond acceptors (Lipinski definition) is 3. The van der Waals surface area contributed by atoms with Crippen molar-refractivity contribution in [3.05, 3.63) is 0 Å². The molecule has 0 spiro atoms. The first-order chi connectivity index (χ1) is 7.10. The van der Waals surface area contributed by atoms with E-state index in [1.54, 1.807) is 0 Å². The molecule has 5 nitrogen and oxygen atoms in total. The molecule has 5 heteroatoms. The summed E-state index contributed by atoms with van der Waals surface area (Å²) in [7, 11) is 0. The van der Waals surface area contributed by atoms with Crippen LogP contribution in [-0.2, 0) is 9.59 Å². The third kappa shape index (κ3) is 7.12. The number of terminal acetylenes is 2. The number of carboxylic acids is 1. The monoisotopic (exact) mass is 208 g/mol. The van der Waals surface area contributed by atoms with Crippen LogP contribution in [-0.4, -0.2) is 48.1 Å². The third-order valence-electron chi connectivity index (χ3n) is 1.43.